The second kappa shape index (κ2) is 8.86. The number of amides is 2. The van der Waals surface area contributed by atoms with Gasteiger partial charge in [0.05, 0.1) is 14.2 Å². The summed E-state index contributed by atoms with van der Waals surface area (Å²) in [5.41, 5.74) is 1.25. The number of ether oxygens (including phenoxy) is 2. The van der Waals surface area contributed by atoms with Crippen molar-refractivity contribution in [2.24, 2.45) is 0 Å². The summed E-state index contributed by atoms with van der Waals surface area (Å²) in [5.74, 6) is 0.0521. The Hall–Kier alpha value is -2.83. The van der Waals surface area contributed by atoms with E-state index in [1.165, 1.54) is 12.1 Å². The normalized spacial score (nSPS) is 10.2. The van der Waals surface area contributed by atoms with E-state index in [4.69, 9.17) is 9.47 Å². The fourth-order valence-electron chi connectivity index (χ4n) is 2.35. The van der Waals surface area contributed by atoms with Crippen LogP contribution in [0.4, 0.5) is 13.6 Å². The highest BCUT2D eigenvalue weighted by Crippen LogP contribution is 2.24. The molecule has 5 nitrogen and oxygen atoms in total. The molecule has 2 aromatic carbocycles. The van der Waals surface area contributed by atoms with Crippen molar-refractivity contribution in [3.05, 3.63) is 59.2 Å². The van der Waals surface area contributed by atoms with Gasteiger partial charge in [-0.1, -0.05) is 0 Å². The third-order valence-corrected chi connectivity index (χ3v) is 3.54. The predicted octanol–water partition coefficient (Wildman–Crippen LogP) is 3.02. The molecule has 2 N–H and O–H groups in total. The van der Waals surface area contributed by atoms with Crippen LogP contribution >= 0.6 is 0 Å². The van der Waals surface area contributed by atoms with Gasteiger partial charge in [0.25, 0.3) is 0 Å². The number of hydrogen-bond acceptors (Lipinski definition) is 3. The number of rotatable bonds is 7. The van der Waals surface area contributed by atoms with E-state index in [0.717, 1.165) is 11.6 Å². The predicted molar refractivity (Wildman–Crippen MR) is 89.8 cm³/mol. The third-order valence-electron chi connectivity index (χ3n) is 3.54. The lowest BCUT2D eigenvalue weighted by atomic mass is 10.1. The molecule has 2 amide bonds. The maximum absolute atomic E-state index is 13.1. The maximum atomic E-state index is 13.1. The Morgan fingerprint density at radius 3 is 2.36 bits per heavy atom. The quantitative estimate of drug-likeness (QED) is 0.807. The molecule has 25 heavy (non-hydrogen) atoms. The number of carbonyl (C=O) groups excluding carboxylic acids is 1. The number of benzene rings is 2. The van der Waals surface area contributed by atoms with Gasteiger partial charge in [0.2, 0.25) is 0 Å². The first-order valence-electron chi connectivity index (χ1n) is 7.69. The number of methoxy groups -OCH3 is 2. The lowest BCUT2D eigenvalue weighted by Crippen LogP contribution is -2.36. The Balaban J connectivity index is 1.82. The van der Waals surface area contributed by atoms with Crippen molar-refractivity contribution in [2.75, 3.05) is 20.8 Å². The molecular weight excluding hydrogens is 330 g/mol. The molecule has 0 spiro atoms. The highest BCUT2D eigenvalue weighted by atomic mass is 19.1. The molecule has 0 aliphatic carbocycles. The molecule has 0 atom stereocenters. The van der Waals surface area contributed by atoms with Crippen LogP contribution in [-0.4, -0.2) is 26.8 Å². The second-order valence-electron chi connectivity index (χ2n) is 5.31. The summed E-state index contributed by atoms with van der Waals surface area (Å²) in [6.45, 7) is 0.399. The molecule has 0 aliphatic heterocycles. The first-order valence-corrected chi connectivity index (χ1v) is 7.69. The molecule has 0 saturated carbocycles. The average molecular weight is 350 g/mol. The first kappa shape index (κ1) is 18.5. The van der Waals surface area contributed by atoms with E-state index in [1.54, 1.807) is 26.4 Å². The molecule has 7 heteroatoms. The fourth-order valence-corrected chi connectivity index (χ4v) is 2.35. The summed E-state index contributed by atoms with van der Waals surface area (Å²) < 4.78 is 36.6. The molecule has 0 radical (unpaired) electrons. The summed E-state index contributed by atoms with van der Waals surface area (Å²) in [6.07, 6.45) is 0.544. The van der Waals surface area contributed by atoms with Crippen LogP contribution in [0.2, 0.25) is 0 Å². The van der Waals surface area contributed by atoms with Crippen molar-refractivity contribution in [1.29, 1.82) is 0 Å². The van der Waals surface area contributed by atoms with Crippen LogP contribution < -0.4 is 20.1 Å². The van der Waals surface area contributed by atoms with Gasteiger partial charge in [-0.2, -0.15) is 0 Å². The summed E-state index contributed by atoms with van der Waals surface area (Å²) in [7, 11) is 3.15. The van der Waals surface area contributed by atoms with E-state index >= 15 is 0 Å². The van der Waals surface area contributed by atoms with Crippen LogP contribution in [0.15, 0.2) is 36.4 Å². The van der Waals surface area contributed by atoms with Crippen LogP contribution in [0.3, 0.4) is 0 Å². The van der Waals surface area contributed by atoms with Crippen molar-refractivity contribution < 1.29 is 23.0 Å². The number of urea groups is 1. The Morgan fingerprint density at radius 1 is 1.00 bits per heavy atom. The standard InChI is InChI=1S/C18H20F2N2O3/c1-24-16-3-4-17(25-2)13(9-16)5-6-21-18(23)22-11-12-7-14(19)10-15(20)8-12/h3-4,7-10H,5-6,11H2,1-2H3,(H2,21,22,23). The monoisotopic (exact) mass is 350 g/mol. The lowest BCUT2D eigenvalue weighted by Gasteiger charge is -2.11. The van der Waals surface area contributed by atoms with Gasteiger partial charge in [-0.05, 0) is 47.9 Å². The number of nitrogens with one attached hydrogen (secondary N) is 2. The van der Waals surface area contributed by atoms with E-state index in [-0.39, 0.29) is 6.54 Å². The van der Waals surface area contributed by atoms with E-state index in [0.29, 0.717) is 30.0 Å². The van der Waals surface area contributed by atoms with E-state index in [2.05, 4.69) is 10.6 Å². The Morgan fingerprint density at radius 2 is 1.72 bits per heavy atom. The van der Waals surface area contributed by atoms with Gasteiger partial charge < -0.3 is 20.1 Å². The minimum absolute atomic E-state index is 0.0307. The van der Waals surface area contributed by atoms with Crippen molar-refractivity contribution in [3.8, 4) is 11.5 Å². The zero-order valence-electron chi connectivity index (χ0n) is 14.1. The molecule has 2 aromatic rings. The van der Waals surface area contributed by atoms with Gasteiger partial charge in [-0.15, -0.1) is 0 Å². The molecule has 0 saturated heterocycles. The largest absolute Gasteiger partial charge is 0.497 e. The third kappa shape index (κ3) is 5.63. The minimum atomic E-state index is -0.678. The molecular formula is C18H20F2N2O3. The van der Waals surface area contributed by atoms with Gasteiger partial charge in [-0.25, -0.2) is 13.6 Å². The smallest absolute Gasteiger partial charge is 0.315 e. The van der Waals surface area contributed by atoms with Crippen molar-refractivity contribution >= 4 is 6.03 Å². The number of hydrogen-bond donors (Lipinski definition) is 2. The maximum Gasteiger partial charge on any atom is 0.315 e. The molecule has 0 aromatic heterocycles. The molecule has 0 bridgehead atoms. The zero-order chi connectivity index (χ0) is 18.2. The molecule has 2 rings (SSSR count). The summed E-state index contributed by atoms with van der Waals surface area (Å²) in [4.78, 5) is 11.8. The summed E-state index contributed by atoms with van der Waals surface area (Å²) in [5, 5.41) is 5.24. The second-order valence-corrected chi connectivity index (χ2v) is 5.31. The topological polar surface area (TPSA) is 59.6 Å². The van der Waals surface area contributed by atoms with Crippen LogP contribution in [0.5, 0.6) is 11.5 Å². The van der Waals surface area contributed by atoms with Crippen LogP contribution in [0.1, 0.15) is 11.1 Å². The zero-order valence-corrected chi connectivity index (χ0v) is 14.1. The van der Waals surface area contributed by atoms with Crippen molar-refractivity contribution in [1.82, 2.24) is 10.6 Å². The lowest BCUT2D eigenvalue weighted by molar-refractivity contribution is 0.240. The molecule has 134 valence electrons. The number of halogens is 2. The SMILES string of the molecule is COc1ccc(OC)c(CCNC(=O)NCc2cc(F)cc(F)c2)c1. The van der Waals surface area contributed by atoms with Gasteiger partial charge in [0, 0.05) is 19.2 Å². The van der Waals surface area contributed by atoms with Crippen LogP contribution in [0.25, 0.3) is 0 Å². The van der Waals surface area contributed by atoms with Gasteiger partial charge in [0.15, 0.2) is 0 Å². The molecule has 0 unspecified atom stereocenters. The summed E-state index contributed by atoms with van der Waals surface area (Å²) >= 11 is 0. The molecule has 0 aliphatic rings. The Labute approximate surface area is 144 Å². The average Bonchev–Trinajstić information content (AvgIpc) is 2.59. The molecule has 0 fully saturated rings. The summed E-state index contributed by atoms with van der Waals surface area (Å²) in [6, 6.07) is 8.13. The highest BCUT2D eigenvalue weighted by Gasteiger charge is 2.07. The number of carbonyl (C=O) groups is 1. The van der Waals surface area contributed by atoms with Crippen LogP contribution in [0, 0.1) is 11.6 Å². The van der Waals surface area contributed by atoms with Crippen LogP contribution in [-0.2, 0) is 13.0 Å². The van der Waals surface area contributed by atoms with Gasteiger partial charge in [0.1, 0.15) is 23.1 Å². The fraction of sp³-hybridized carbons (Fsp3) is 0.278. The van der Waals surface area contributed by atoms with Crippen molar-refractivity contribution in [3.63, 3.8) is 0 Å². The first-order chi connectivity index (χ1) is 12.0. The highest BCUT2D eigenvalue weighted by molar-refractivity contribution is 5.73. The van der Waals surface area contributed by atoms with E-state index in [1.807, 2.05) is 6.07 Å². The minimum Gasteiger partial charge on any atom is -0.497 e. The molecule has 0 heterocycles. The Kier molecular flexibility index (Phi) is 6.56. The Bertz CT molecular complexity index is 718. The van der Waals surface area contributed by atoms with E-state index < -0.39 is 17.7 Å². The van der Waals surface area contributed by atoms with Gasteiger partial charge in [-0.3, -0.25) is 0 Å². The van der Waals surface area contributed by atoms with Gasteiger partial charge >= 0.3 is 6.03 Å². The van der Waals surface area contributed by atoms with E-state index in [9.17, 15) is 13.6 Å². The van der Waals surface area contributed by atoms with Crippen molar-refractivity contribution in [2.45, 2.75) is 13.0 Å².